The van der Waals surface area contributed by atoms with Crippen LogP contribution < -0.4 is 0 Å². The molecule has 1 aliphatic rings. The molecule has 2 atom stereocenters. The molecule has 0 N–H and O–H groups in total. The van der Waals surface area contributed by atoms with Gasteiger partial charge in [0.15, 0.2) is 0 Å². The van der Waals surface area contributed by atoms with Crippen LogP contribution in [-0.4, -0.2) is 6.04 Å². The van der Waals surface area contributed by atoms with Crippen LogP contribution in [0.2, 0.25) is 0 Å². The van der Waals surface area contributed by atoms with E-state index >= 15 is 0 Å². The Labute approximate surface area is 92.2 Å². The van der Waals surface area contributed by atoms with Crippen LogP contribution in [0.25, 0.3) is 20.9 Å². The van der Waals surface area contributed by atoms with Crippen LogP contribution in [0.5, 0.6) is 0 Å². The number of hydrogen-bond acceptors (Lipinski definition) is 2. The third kappa shape index (κ3) is 1.80. The molecule has 1 aromatic carbocycles. The minimum absolute atomic E-state index is 0.268. The number of rotatable bonds is 2. The lowest BCUT2D eigenvalue weighted by molar-refractivity contribution is 0.478. The first-order valence-corrected chi connectivity index (χ1v) is 5.03. The van der Waals surface area contributed by atoms with Crippen LogP contribution in [0, 0.1) is 0 Å². The molecule has 0 saturated carbocycles. The maximum absolute atomic E-state index is 8.55. The average molecular weight is 214 g/mol. The minimum atomic E-state index is -0.370. The monoisotopic (exact) mass is 214 g/mol. The van der Waals surface area contributed by atoms with E-state index in [1.165, 1.54) is 5.56 Å². The molecular formula is C10H10N6. The minimum Gasteiger partial charge on any atom is -0.0898 e. The molecular weight excluding hydrogens is 204 g/mol. The van der Waals surface area contributed by atoms with Gasteiger partial charge in [-0.05, 0) is 35.0 Å². The summed E-state index contributed by atoms with van der Waals surface area (Å²) >= 11 is 0. The quantitative estimate of drug-likeness (QED) is 0.407. The normalized spacial score (nSPS) is 22.5. The van der Waals surface area contributed by atoms with Gasteiger partial charge in [-0.3, -0.25) is 0 Å². The molecule has 16 heavy (non-hydrogen) atoms. The third-order valence-electron chi connectivity index (χ3n) is 2.82. The summed E-state index contributed by atoms with van der Waals surface area (Å²) in [7, 11) is 0. The van der Waals surface area contributed by atoms with Crippen LogP contribution in [0.1, 0.15) is 23.6 Å². The van der Waals surface area contributed by atoms with Gasteiger partial charge in [0, 0.05) is 9.82 Å². The molecule has 2 unspecified atom stereocenters. The summed E-state index contributed by atoms with van der Waals surface area (Å²) < 4.78 is 0. The molecule has 0 heterocycles. The highest BCUT2D eigenvalue weighted by molar-refractivity contribution is 5.34. The van der Waals surface area contributed by atoms with Crippen molar-refractivity contribution in [2.45, 2.75) is 24.9 Å². The average Bonchev–Trinajstić information content (AvgIpc) is 2.32. The second-order valence-corrected chi connectivity index (χ2v) is 3.66. The maximum Gasteiger partial charge on any atom is 0.0712 e. The molecule has 1 aliphatic carbocycles. The van der Waals surface area contributed by atoms with Crippen molar-refractivity contribution in [3.8, 4) is 0 Å². The lowest BCUT2D eigenvalue weighted by Gasteiger charge is -2.27. The van der Waals surface area contributed by atoms with Gasteiger partial charge >= 0.3 is 0 Å². The number of nitrogens with zero attached hydrogens (tertiary/aromatic N) is 6. The number of aryl methyl sites for hydroxylation is 1. The van der Waals surface area contributed by atoms with Gasteiger partial charge in [-0.2, -0.15) is 0 Å². The second kappa shape index (κ2) is 4.57. The molecule has 0 amide bonds. The molecule has 1 aromatic rings. The van der Waals surface area contributed by atoms with E-state index in [0.717, 1.165) is 18.4 Å². The van der Waals surface area contributed by atoms with Crippen molar-refractivity contribution in [2.24, 2.45) is 10.2 Å². The van der Waals surface area contributed by atoms with Crippen LogP contribution in [0.15, 0.2) is 34.5 Å². The van der Waals surface area contributed by atoms with Crippen LogP contribution in [0.4, 0.5) is 0 Å². The van der Waals surface area contributed by atoms with E-state index in [9.17, 15) is 0 Å². The van der Waals surface area contributed by atoms with Crippen molar-refractivity contribution >= 4 is 0 Å². The summed E-state index contributed by atoms with van der Waals surface area (Å²) in [5, 5.41) is 7.44. The molecule has 6 heteroatoms. The van der Waals surface area contributed by atoms with Crippen molar-refractivity contribution < 1.29 is 0 Å². The van der Waals surface area contributed by atoms with E-state index in [1.54, 1.807) is 0 Å². The Morgan fingerprint density at radius 2 is 1.88 bits per heavy atom. The summed E-state index contributed by atoms with van der Waals surface area (Å²) in [6.07, 6.45) is 1.59. The Bertz CT molecular complexity index is 484. The van der Waals surface area contributed by atoms with Gasteiger partial charge in [-0.1, -0.05) is 34.5 Å². The highest BCUT2D eigenvalue weighted by Gasteiger charge is 2.27. The fourth-order valence-corrected chi connectivity index (χ4v) is 2.10. The molecule has 0 fully saturated rings. The van der Waals surface area contributed by atoms with Crippen LogP contribution in [0.3, 0.4) is 0 Å². The van der Waals surface area contributed by atoms with Crippen molar-refractivity contribution in [1.29, 1.82) is 0 Å². The number of benzene rings is 1. The number of fused-ring (bicyclic) bond motifs is 1. The van der Waals surface area contributed by atoms with Crippen LogP contribution >= 0.6 is 0 Å². The van der Waals surface area contributed by atoms with Gasteiger partial charge in [-0.15, -0.1) is 0 Å². The highest BCUT2D eigenvalue weighted by atomic mass is 15.2. The first-order valence-electron chi connectivity index (χ1n) is 5.03. The van der Waals surface area contributed by atoms with Gasteiger partial charge in [0.25, 0.3) is 0 Å². The fourth-order valence-electron chi connectivity index (χ4n) is 2.10. The zero-order valence-corrected chi connectivity index (χ0v) is 8.56. The van der Waals surface area contributed by atoms with Gasteiger partial charge in [-0.25, -0.2) is 0 Å². The predicted molar refractivity (Wildman–Crippen MR) is 59.6 cm³/mol. The largest absolute Gasteiger partial charge is 0.0898 e. The SMILES string of the molecule is [N-]=[N+]=NC1CCc2ccccc2C1N=[N+]=[N-]. The maximum atomic E-state index is 8.55. The van der Waals surface area contributed by atoms with Gasteiger partial charge in [0.1, 0.15) is 0 Å². The van der Waals surface area contributed by atoms with Crippen molar-refractivity contribution in [3.63, 3.8) is 0 Å². The van der Waals surface area contributed by atoms with Crippen LogP contribution in [-0.2, 0) is 6.42 Å². The Balaban J connectivity index is 2.46. The highest BCUT2D eigenvalue weighted by Crippen LogP contribution is 2.34. The second-order valence-electron chi connectivity index (χ2n) is 3.66. The van der Waals surface area contributed by atoms with E-state index in [4.69, 9.17) is 11.1 Å². The standard InChI is InChI=1S/C10H10N6/c11-15-13-9-6-5-7-3-1-2-4-8(7)10(9)14-16-12/h1-4,9-10H,5-6H2. The van der Waals surface area contributed by atoms with Gasteiger partial charge < -0.3 is 0 Å². The first-order chi connectivity index (χ1) is 7.86. The molecule has 0 aliphatic heterocycles. The van der Waals surface area contributed by atoms with E-state index in [0.29, 0.717) is 0 Å². The van der Waals surface area contributed by atoms with Crippen molar-refractivity contribution in [1.82, 2.24) is 0 Å². The zero-order valence-electron chi connectivity index (χ0n) is 8.56. The molecule has 0 radical (unpaired) electrons. The summed E-state index contributed by atoms with van der Waals surface area (Å²) in [4.78, 5) is 5.64. The van der Waals surface area contributed by atoms with Gasteiger partial charge in [0.05, 0.1) is 12.1 Å². The predicted octanol–water partition coefficient (Wildman–Crippen LogP) is 3.66. The molecule has 0 saturated heterocycles. The Morgan fingerprint density at radius 3 is 2.62 bits per heavy atom. The zero-order chi connectivity index (χ0) is 11.4. The van der Waals surface area contributed by atoms with E-state index in [2.05, 4.69) is 20.1 Å². The summed E-state index contributed by atoms with van der Waals surface area (Å²) in [6.45, 7) is 0. The summed E-state index contributed by atoms with van der Waals surface area (Å²) in [5.74, 6) is 0. The fraction of sp³-hybridized carbons (Fsp3) is 0.400. The van der Waals surface area contributed by atoms with Gasteiger partial charge in [0.2, 0.25) is 0 Å². The Morgan fingerprint density at radius 1 is 1.12 bits per heavy atom. The lowest BCUT2D eigenvalue weighted by atomic mass is 9.85. The van der Waals surface area contributed by atoms with Crippen molar-refractivity contribution in [3.05, 3.63) is 56.3 Å². The van der Waals surface area contributed by atoms with E-state index in [1.807, 2.05) is 24.3 Å². The number of azide groups is 2. The summed E-state index contributed by atoms with van der Waals surface area (Å²) in [6, 6.07) is 7.16. The summed E-state index contributed by atoms with van der Waals surface area (Å²) in [5.41, 5.74) is 19.2. The molecule has 0 spiro atoms. The Kier molecular flexibility index (Phi) is 2.96. The molecule has 0 aromatic heterocycles. The number of hydrogen-bond donors (Lipinski definition) is 0. The Hall–Kier alpha value is -2.16. The lowest BCUT2D eigenvalue weighted by Crippen LogP contribution is -2.21. The van der Waals surface area contributed by atoms with E-state index < -0.39 is 0 Å². The van der Waals surface area contributed by atoms with E-state index in [-0.39, 0.29) is 12.1 Å². The molecule has 0 bridgehead atoms. The van der Waals surface area contributed by atoms with Crippen molar-refractivity contribution in [2.75, 3.05) is 0 Å². The third-order valence-corrected chi connectivity index (χ3v) is 2.82. The topological polar surface area (TPSA) is 97.5 Å². The first kappa shape index (κ1) is 10.4. The smallest absolute Gasteiger partial charge is 0.0712 e. The molecule has 6 nitrogen and oxygen atoms in total. The molecule has 2 rings (SSSR count). The molecule has 80 valence electrons.